The first-order valence-electron chi connectivity index (χ1n) is 11.1. The Labute approximate surface area is 187 Å². The van der Waals surface area contributed by atoms with Crippen molar-refractivity contribution in [2.75, 3.05) is 5.32 Å². The van der Waals surface area contributed by atoms with Crippen LogP contribution < -0.4 is 5.32 Å². The third-order valence-electron chi connectivity index (χ3n) is 6.20. The molecule has 0 atom stereocenters. The number of aromatic nitrogens is 4. The SMILES string of the molecule is CC(C)Cc1nc2sc3c(NCc4cccnc4)ncnc3c2c2c1CCC(C)(C)C2. The molecule has 0 aliphatic heterocycles. The van der Waals surface area contributed by atoms with Crippen LogP contribution in [0, 0.1) is 11.3 Å². The van der Waals surface area contributed by atoms with E-state index in [1.807, 2.05) is 12.3 Å². The fraction of sp³-hybridized carbons (Fsp3) is 0.440. The van der Waals surface area contributed by atoms with Gasteiger partial charge in [0, 0.05) is 30.0 Å². The Morgan fingerprint density at radius 1 is 1.19 bits per heavy atom. The summed E-state index contributed by atoms with van der Waals surface area (Å²) in [4.78, 5) is 19.8. The second-order valence-electron chi connectivity index (χ2n) is 9.85. The highest BCUT2D eigenvalue weighted by Crippen LogP contribution is 2.44. The smallest absolute Gasteiger partial charge is 0.147 e. The van der Waals surface area contributed by atoms with E-state index in [1.165, 1.54) is 28.6 Å². The van der Waals surface area contributed by atoms with E-state index in [2.05, 4.69) is 49.0 Å². The average Bonchev–Trinajstić information content (AvgIpc) is 3.11. The number of rotatable bonds is 5. The first-order valence-corrected chi connectivity index (χ1v) is 11.9. The maximum atomic E-state index is 5.19. The Balaban J connectivity index is 1.65. The van der Waals surface area contributed by atoms with Gasteiger partial charge in [0.05, 0.1) is 10.2 Å². The lowest BCUT2D eigenvalue weighted by molar-refractivity contribution is 0.315. The number of nitrogens with one attached hydrogen (secondary N) is 1. The Bertz CT molecular complexity index is 1240. The molecule has 0 radical (unpaired) electrons. The van der Waals surface area contributed by atoms with Crippen molar-refractivity contribution in [3.05, 3.63) is 53.2 Å². The van der Waals surface area contributed by atoms with Gasteiger partial charge in [0.25, 0.3) is 0 Å². The molecule has 0 fully saturated rings. The summed E-state index contributed by atoms with van der Waals surface area (Å²) in [6, 6.07) is 4.03. The number of fused-ring (bicyclic) bond motifs is 5. The first kappa shape index (κ1) is 20.3. The Morgan fingerprint density at radius 2 is 2.06 bits per heavy atom. The molecule has 0 amide bonds. The van der Waals surface area contributed by atoms with Gasteiger partial charge >= 0.3 is 0 Å². The third kappa shape index (κ3) is 3.89. The largest absolute Gasteiger partial charge is 0.365 e. The molecule has 4 aromatic heterocycles. The molecular formula is C25H29N5S. The van der Waals surface area contributed by atoms with Gasteiger partial charge < -0.3 is 5.32 Å². The minimum atomic E-state index is 0.305. The highest BCUT2D eigenvalue weighted by molar-refractivity contribution is 7.26. The average molecular weight is 432 g/mol. The number of pyridine rings is 2. The molecule has 5 rings (SSSR count). The van der Waals surface area contributed by atoms with Crippen LogP contribution in [-0.4, -0.2) is 19.9 Å². The molecule has 0 saturated heterocycles. The fourth-order valence-electron chi connectivity index (χ4n) is 4.65. The Morgan fingerprint density at radius 3 is 2.84 bits per heavy atom. The molecule has 1 aliphatic carbocycles. The minimum absolute atomic E-state index is 0.305. The number of thiophene rings is 1. The molecule has 0 unspecified atom stereocenters. The summed E-state index contributed by atoms with van der Waals surface area (Å²) >= 11 is 1.72. The van der Waals surface area contributed by atoms with Gasteiger partial charge in [-0.15, -0.1) is 11.3 Å². The van der Waals surface area contributed by atoms with E-state index in [-0.39, 0.29) is 0 Å². The summed E-state index contributed by atoms with van der Waals surface area (Å²) in [5.74, 6) is 1.47. The number of hydrogen-bond acceptors (Lipinski definition) is 6. The highest BCUT2D eigenvalue weighted by Gasteiger charge is 2.31. The van der Waals surface area contributed by atoms with E-state index in [4.69, 9.17) is 9.97 Å². The zero-order chi connectivity index (χ0) is 21.6. The molecule has 31 heavy (non-hydrogen) atoms. The van der Waals surface area contributed by atoms with Crippen LogP contribution in [0.15, 0.2) is 30.9 Å². The minimum Gasteiger partial charge on any atom is -0.365 e. The van der Waals surface area contributed by atoms with Crippen molar-refractivity contribution >= 4 is 37.6 Å². The highest BCUT2D eigenvalue weighted by atomic mass is 32.1. The van der Waals surface area contributed by atoms with Gasteiger partial charge in [-0.3, -0.25) is 4.98 Å². The predicted octanol–water partition coefficient (Wildman–Crippen LogP) is 5.96. The number of nitrogens with zero attached hydrogens (tertiary/aromatic N) is 4. The van der Waals surface area contributed by atoms with Crippen LogP contribution in [0.25, 0.3) is 20.4 Å². The van der Waals surface area contributed by atoms with Crippen molar-refractivity contribution in [1.29, 1.82) is 0 Å². The molecular weight excluding hydrogens is 402 g/mol. The summed E-state index contributed by atoms with van der Waals surface area (Å²) in [5.41, 5.74) is 6.72. The first-order chi connectivity index (χ1) is 14.9. The molecule has 1 N–H and O–H groups in total. The normalized spacial score (nSPS) is 15.5. The van der Waals surface area contributed by atoms with Crippen LogP contribution in [0.1, 0.15) is 56.5 Å². The van der Waals surface area contributed by atoms with E-state index < -0.39 is 0 Å². The summed E-state index contributed by atoms with van der Waals surface area (Å²) < 4.78 is 1.10. The van der Waals surface area contributed by atoms with E-state index in [1.54, 1.807) is 23.9 Å². The molecule has 6 heteroatoms. The fourth-order valence-corrected chi connectivity index (χ4v) is 5.80. The lowest BCUT2D eigenvalue weighted by Gasteiger charge is -2.33. The number of anilines is 1. The molecule has 160 valence electrons. The van der Waals surface area contributed by atoms with Gasteiger partial charge in [-0.1, -0.05) is 33.8 Å². The monoisotopic (exact) mass is 431 g/mol. The van der Waals surface area contributed by atoms with Gasteiger partial charge in [0.2, 0.25) is 0 Å². The van der Waals surface area contributed by atoms with Crippen molar-refractivity contribution < 1.29 is 0 Å². The summed E-state index contributed by atoms with van der Waals surface area (Å²) in [5, 5.41) is 4.75. The van der Waals surface area contributed by atoms with Gasteiger partial charge in [0.1, 0.15) is 17.0 Å². The molecule has 4 aromatic rings. The number of hydrogen-bond donors (Lipinski definition) is 1. The molecule has 0 saturated carbocycles. The van der Waals surface area contributed by atoms with Crippen molar-refractivity contribution in [3.63, 3.8) is 0 Å². The quantitative estimate of drug-likeness (QED) is 0.422. The maximum absolute atomic E-state index is 5.19. The van der Waals surface area contributed by atoms with Crippen LogP contribution in [-0.2, 0) is 25.8 Å². The second-order valence-corrected chi connectivity index (χ2v) is 10.9. The van der Waals surface area contributed by atoms with Crippen LogP contribution in [0.2, 0.25) is 0 Å². The maximum Gasteiger partial charge on any atom is 0.147 e. The van der Waals surface area contributed by atoms with Crippen LogP contribution in [0.5, 0.6) is 0 Å². The van der Waals surface area contributed by atoms with Crippen molar-refractivity contribution in [1.82, 2.24) is 19.9 Å². The van der Waals surface area contributed by atoms with Gasteiger partial charge in [-0.05, 0) is 59.8 Å². The summed E-state index contributed by atoms with van der Waals surface area (Å²) in [7, 11) is 0. The zero-order valence-corrected chi connectivity index (χ0v) is 19.5. The Kier molecular flexibility index (Phi) is 5.13. The molecule has 1 aliphatic rings. The topological polar surface area (TPSA) is 63.6 Å². The predicted molar refractivity (Wildman–Crippen MR) is 129 cm³/mol. The second kappa shape index (κ2) is 7.83. The summed E-state index contributed by atoms with van der Waals surface area (Å²) in [6.07, 6.45) is 9.81. The van der Waals surface area contributed by atoms with E-state index in [0.717, 1.165) is 45.7 Å². The van der Waals surface area contributed by atoms with Crippen molar-refractivity contribution in [2.45, 2.75) is 59.9 Å². The Hall–Kier alpha value is -2.60. The van der Waals surface area contributed by atoms with Crippen molar-refractivity contribution in [2.24, 2.45) is 11.3 Å². The molecule has 4 heterocycles. The molecule has 0 bridgehead atoms. The zero-order valence-electron chi connectivity index (χ0n) is 18.7. The lowest BCUT2D eigenvalue weighted by atomic mass is 9.73. The lowest BCUT2D eigenvalue weighted by Crippen LogP contribution is -2.24. The molecule has 0 aromatic carbocycles. The van der Waals surface area contributed by atoms with Crippen LogP contribution in [0.3, 0.4) is 0 Å². The van der Waals surface area contributed by atoms with Gasteiger partial charge in [0.15, 0.2) is 0 Å². The third-order valence-corrected chi connectivity index (χ3v) is 7.28. The molecule has 0 spiro atoms. The van der Waals surface area contributed by atoms with Gasteiger partial charge in [-0.2, -0.15) is 0 Å². The van der Waals surface area contributed by atoms with E-state index >= 15 is 0 Å². The molecule has 5 nitrogen and oxygen atoms in total. The van der Waals surface area contributed by atoms with Crippen molar-refractivity contribution in [3.8, 4) is 0 Å². The van der Waals surface area contributed by atoms with E-state index in [0.29, 0.717) is 17.9 Å². The summed E-state index contributed by atoms with van der Waals surface area (Å²) in [6.45, 7) is 10.0. The van der Waals surface area contributed by atoms with Crippen LogP contribution >= 0.6 is 11.3 Å². The van der Waals surface area contributed by atoms with Crippen LogP contribution in [0.4, 0.5) is 5.82 Å². The van der Waals surface area contributed by atoms with Gasteiger partial charge in [-0.25, -0.2) is 15.0 Å². The standard InChI is InChI=1S/C25H29N5S/c1-15(2)10-19-17-7-8-25(3,4)11-18(17)20-21-22(31-24(20)30-19)23(29-14-28-21)27-13-16-6-5-9-26-12-16/h5-6,9,12,14-15H,7-8,10-11,13H2,1-4H3,(H,27,28,29). The van der Waals surface area contributed by atoms with E-state index in [9.17, 15) is 0 Å².